The van der Waals surface area contributed by atoms with Crippen molar-refractivity contribution >= 4 is 17.3 Å². The number of likely N-dealkylation sites (N-methyl/N-ethyl adjacent to an activating group) is 1. The Hall–Kier alpha value is -1.75. The molecule has 1 saturated heterocycles. The SMILES string of the molecule is COC(=O)c1cc(N2CCN(C)CC2C)cc(C)c1N. The fraction of sp³-hybridized carbons (Fsp3) is 0.533. The highest BCUT2D eigenvalue weighted by molar-refractivity contribution is 5.97. The van der Waals surface area contributed by atoms with Crippen LogP contribution in [0.2, 0.25) is 0 Å². The summed E-state index contributed by atoms with van der Waals surface area (Å²) in [7, 11) is 3.50. The van der Waals surface area contributed by atoms with Crippen LogP contribution in [0, 0.1) is 6.92 Å². The van der Waals surface area contributed by atoms with Crippen molar-refractivity contribution in [3.05, 3.63) is 23.3 Å². The van der Waals surface area contributed by atoms with E-state index in [-0.39, 0.29) is 5.97 Å². The van der Waals surface area contributed by atoms with Crippen molar-refractivity contribution in [2.24, 2.45) is 0 Å². The maximum atomic E-state index is 11.8. The number of anilines is 2. The molecule has 5 heteroatoms. The van der Waals surface area contributed by atoms with Gasteiger partial charge >= 0.3 is 5.97 Å². The first-order valence-electron chi connectivity index (χ1n) is 6.87. The van der Waals surface area contributed by atoms with Crippen molar-refractivity contribution in [3.63, 3.8) is 0 Å². The minimum Gasteiger partial charge on any atom is -0.465 e. The lowest BCUT2D eigenvalue weighted by Crippen LogP contribution is -2.50. The Labute approximate surface area is 120 Å². The van der Waals surface area contributed by atoms with Gasteiger partial charge < -0.3 is 20.3 Å². The maximum absolute atomic E-state index is 11.8. The highest BCUT2D eigenvalue weighted by Crippen LogP contribution is 2.28. The van der Waals surface area contributed by atoms with Crippen LogP contribution in [0.1, 0.15) is 22.8 Å². The fourth-order valence-electron chi connectivity index (χ4n) is 2.75. The van der Waals surface area contributed by atoms with E-state index in [0.717, 1.165) is 30.9 Å². The topological polar surface area (TPSA) is 58.8 Å². The molecule has 0 saturated carbocycles. The molecule has 1 atom stereocenters. The number of benzene rings is 1. The van der Waals surface area contributed by atoms with Gasteiger partial charge in [-0.1, -0.05) is 0 Å². The van der Waals surface area contributed by atoms with Crippen molar-refractivity contribution in [2.75, 3.05) is 44.4 Å². The van der Waals surface area contributed by atoms with E-state index in [4.69, 9.17) is 10.5 Å². The van der Waals surface area contributed by atoms with Crippen LogP contribution in [0.3, 0.4) is 0 Å². The number of carbonyl (C=O) groups excluding carboxylic acids is 1. The van der Waals surface area contributed by atoms with Crippen molar-refractivity contribution in [1.29, 1.82) is 0 Å². The highest BCUT2D eigenvalue weighted by Gasteiger charge is 2.23. The van der Waals surface area contributed by atoms with Gasteiger partial charge in [-0.2, -0.15) is 0 Å². The largest absolute Gasteiger partial charge is 0.465 e. The second kappa shape index (κ2) is 5.71. The summed E-state index contributed by atoms with van der Waals surface area (Å²) < 4.78 is 4.81. The Bertz CT molecular complexity index is 516. The molecule has 1 heterocycles. The number of rotatable bonds is 2. The molecule has 2 rings (SSSR count). The summed E-state index contributed by atoms with van der Waals surface area (Å²) in [5.74, 6) is -0.380. The number of nitrogen functional groups attached to an aromatic ring is 1. The van der Waals surface area contributed by atoms with E-state index in [2.05, 4.69) is 23.8 Å². The van der Waals surface area contributed by atoms with Crippen molar-refractivity contribution in [1.82, 2.24) is 4.90 Å². The van der Waals surface area contributed by atoms with E-state index >= 15 is 0 Å². The van der Waals surface area contributed by atoms with Crippen LogP contribution in [-0.4, -0.2) is 50.7 Å². The molecule has 0 spiro atoms. The molecule has 1 fully saturated rings. The van der Waals surface area contributed by atoms with Gasteiger partial charge in [-0.25, -0.2) is 4.79 Å². The number of carbonyl (C=O) groups is 1. The number of hydrogen-bond acceptors (Lipinski definition) is 5. The third-order valence-corrected chi connectivity index (χ3v) is 3.94. The maximum Gasteiger partial charge on any atom is 0.340 e. The summed E-state index contributed by atoms with van der Waals surface area (Å²) in [6, 6.07) is 4.29. The van der Waals surface area contributed by atoms with Gasteiger partial charge in [0.1, 0.15) is 0 Å². The Morgan fingerprint density at radius 1 is 1.40 bits per heavy atom. The minimum atomic E-state index is -0.380. The zero-order valence-electron chi connectivity index (χ0n) is 12.6. The highest BCUT2D eigenvalue weighted by atomic mass is 16.5. The molecule has 110 valence electrons. The predicted molar refractivity (Wildman–Crippen MR) is 81.2 cm³/mol. The van der Waals surface area contributed by atoms with Gasteiger partial charge in [0.2, 0.25) is 0 Å². The van der Waals surface area contributed by atoms with Gasteiger partial charge in [0, 0.05) is 37.1 Å². The Morgan fingerprint density at radius 3 is 2.70 bits per heavy atom. The minimum absolute atomic E-state index is 0.380. The number of esters is 1. The lowest BCUT2D eigenvalue weighted by atomic mass is 10.0. The van der Waals surface area contributed by atoms with E-state index in [0.29, 0.717) is 17.3 Å². The summed E-state index contributed by atoms with van der Waals surface area (Å²) in [5.41, 5.74) is 8.89. The van der Waals surface area contributed by atoms with E-state index in [9.17, 15) is 4.79 Å². The number of nitrogens with two attached hydrogens (primary N) is 1. The molecule has 5 nitrogen and oxygen atoms in total. The van der Waals surface area contributed by atoms with Gasteiger partial charge in [0.05, 0.1) is 12.7 Å². The smallest absolute Gasteiger partial charge is 0.340 e. The number of aryl methyl sites for hydroxylation is 1. The Kier molecular flexibility index (Phi) is 4.18. The molecule has 1 aromatic carbocycles. The van der Waals surface area contributed by atoms with E-state index in [1.54, 1.807) is 0 Å². The van der Waals surface area contributed by atoms with Crippen LogP contribution < -0.4 is 10.6 Å². The first-order chi connectivity index (χ1) is 9.43. The average Bonchev–Trinajstić information content (AvgIpc) is 2.41. The molecule has 0 aromatic heterocycles. The summed E-state index contributed by atoms with van der Waals surface area (Å²) in [6.07, 6.45) is 0. The number of hydrogen-bond donors (Lipinski definition) is 1. The van der Waals surface area contributed by atoms with Gasteiger partial charge in [0.25, 0.3) is 0 Å². The first kappa shape index (κ1) is 14.7. The Morgan fingerprint density at radius 2 is 2.10 bits per heavy atom. The van der Waals surface area contributed by atoms with E-state index < -0.39 is 0 Å². The molecular formula is C15H23N3O2. The zero-order chi connectivity index (χ0) is 14.9. The lowest BCUT2D eigenvalue weighted by molar-refractivity contribution is 0.0602. The molecule has 1 unspecified atom stereocenters. The second-order valence-corrected chi connectivity index (χ2v) is 5.52. The van der Waals surface area contributed by atoms with Crippen LogP contribution in [0.5, 0.6) is 0 Å². The number of ether oxygens (including phenoxy) is 1. The van der Waals surface area contributed by atoms with E-state index in [1.165, 1.54) is 7.11 Å². The van der Waals surface area contributed by atoms with Crippen LogP contribution in [0.25, 0.3) is 0 Å². The second-order valence-electron chi connectivity index (χ2n) is 5.52. The van der Waals surface area contributed by atoms with Gasteiger partial charge in [0.15, 0.2) is 0 Å². The third-order valence-electron chi connectivity index (χ3n) is 3.94. The molecule has 2 N–H and O–H groups in total. The summed E-state index contributed by atoms with van der Waals surface area (Å²) in [5, 5.41) is 0. The summed E-state index contributed by atoms with van der Waals surface area (Å²) >= 11 is 0. The van der Waals surface area contributed by atoms with Crippen LogP contribution in [0.15, 0.2) is 12.1 Å². The van der Waals surface area contributed by atoms with E-state index in [1.807, 2.05) is 19.1 Å². The monoisotopic (exact) mass is 277 g/mol. The first-order valence-corrected chi connectivity index (χ1v) is 6.87. The van der Waals surface area contributed by atoms with Gasteiger partial charge in [-0.3, -0.25) is 0 Å². The number of nitrogens with zero attached hydrogens (tertiary/aromatic N) is 2. The van der Waals surface area contributed by atoms with Crippen molar-refractivity contribution in [3.8, 4) is 0 Å². The normalized spacial score (nSPS) is 20.0. The van der Waals surface area contributed by atoms with Crippen molar-refractivity contribution in [2.45, 2.75) is 19.9 Å². The Balaban J connectivity index is 2.37. The molecule has 1 aliphatic heterocycles. The predicted octanol–water partition coefficient (Wildman–Crippen LogP) is 1.50. The number of methoxy groups -OCH3 is 1. The standard InChI is InChI=1S/C15H23N3O2/c1-10-7-12(8-13(14(10)16)15(19)20-4)18-6-5-17(3)9-11(18)2/h7-8,11H,5-6,9,16H2,1-4H3. The molecule has 20 heavy (non-hydrogen) atoms. The summed E-state index contributed by atoms with van der Waals surface area (Å²) in [4.78, 5) is 16.5. The lowest BCUT2D eigenvalue weighted by Gasteiger charge is -2.40. The molecule has 0 bridgehead atoms. The van der Waals surface area contributed by atoms with Crippen LogP contribution in [-0.2, 0) is 4.74 Å². The molecule has 0 radical (unpaired) electrons. The van der Waals surface area contributed by atoms with Crippen LogP contribution >= 0.6 is 0 Å². The zero-order valence-corrected chi connectivity index (χ0v) is 12.6. The average molecular weight is 277 g/mol. The van der Waals surface area contributed by atoms with Gasteiger partial charge in [-0.05, 0) is 38.6 Å². The third kappa shape index (κ3) is 2.72. The number of piperazine rings is 1. The molecule has 0 amide bonds. The fourth-order valence-corrected chi connectivity index (χ4v) is 2.75. The molecule has 0 aliphatic carbocycles. The summed E-state index contributed by atoms with van der Waals surface area (Å²) in [6.45, 7) is 7.09. The van der Waals surface area contributed by atoms with Gasteiger partial charge in [-0.15, -0.1) is 0 Å². The van der Waals surface area contributed by atoms with Crippen molar-refractivity contribution < 1.29 is 9.53 Å². The molecule has 1 aromatic rings. The quantitative estimate of drug-likeness (QED) is 0.656. The van der Waals surface area contributed by atoms with Crippen LogP contribution in [0.4, 0.5) is 11.4 Å². The molecular weight excluding hydrogens is 254 g/mol. The molecule has 1 aliphatic rings.